The molecule has 1 aliphatic carbocycles. The van der Waals surface area contributed by atoms with Gasteiger partial charge in [0.05, 0.1) is 6.04 Å². The molecule has 218 valence electrons. The van der Waals surface area contributed by atoms with Crippen LogP contribution < -0.4 is 27.0 Å². The van der Waals surface area contributed by atoms with E-state index >= 15 is 0 Å². The molecule has 6 amide bonds. The number of ketones is 1. The summed E-state index contributed by atoms with van der Waals surface area (Å²) < 4.78 is 0. The summed E-state index contributed by atoms with van der Waals surface area (Å²) in [5.41, 5.74) is 4.09. The zero-order valence-corrected chi connectivity index (χ0v) is 23.9. The van der Waals surface area contributed by atoms with Gasteiger partial charge < -0.3 is 31.9 Å². The molecule has 2 unspecified atom stereocenters. The topological polar surface area (TPSA) is 180 Å². The van der Waals surface area contributed by atoms with Crippen molar-refractivity contribution >= 4 is 35.4 Å². The van der Waals surface area contributed by atoms with Gasteiger partial charge in [-0.05, 0) is 63.7 Å². The second kappa shape index (κ2) is 11.5. The number of hydrogen-bond donors (Lipinski definition) is 5. The normalized spacial score (nSPS) is 26.3. The minimum atomic E-state index is -1.27. The van der Waals surface area contributed by atoms with Gasteiger partial charge in [0.25, 0.3) is 5.91 Å². The zero-order chi connectivity index (χ0) is 29.3. The highest BCUT2D eigenvalue weighted by atomic mass is 16.2. The molecule has 0 aromatic heterocycles. The molecule has 3 aliphatic rings. The lowest BCUT2D eigenvalue weighted by atomic mass is 9.85. The predicted molar refractivity (Wildman–Crippen MR) is 143 cm³/mol. The van der Waals surface area contributed by atoms with E-state index in [1.807, 2.05) is 41.5 Å². The Morgan fingerprint density at radius 2 is 1.69 bits per heavy atom. The molecule has 12 heteroatoms. The molecule has 39 heavy (non-hydrogen) atoms. The molecule has 3 rings (SSSR count). The van der Waals surface area contributed by atoms with Crippen molar-refractivity contribution in [3.05, 3.63) is 0 Å². The molecule has 0 aromatic carbocycles. The van der Waals surface area contributed by atoms with Crippen LogP contribution in [0, 0.1) is 23.2 Å². The monoisotopic (exact) mass is 548 g/mol. The van der Waals surface area contributed by atoms with Crippen molar-refractivity contribution < 1.29 is 28.8 Å². The van der Waals surface area contributed by atoms with E-state index < -0.39 is 58.6 Å². The molecule has 6 atom stereocenters. The molecular formula is C27H44N6O6. The van der Waals surface area contributed by atoms with Gasteiger partial charge in [0.2, 0.25) is 23.5 Å². The van der Waals surface area contributed by atoms with Crippen LogP contribution >= 0.6 is 0 Å². The second-order valence-electron chi connectivity index (χ2n) is 13.2. The fourth-order valence-corrected chi connectivity index (χ4v) is 6.01. The number of nitrogens with zero attached hydrogens (tertiary/aromatic N) is 1. The lowest BCUT2D eigenvalue weighted by molar-refractivity contribution is -0.144. The molecule has 12 nitrogen and oxygen atoms in total. The van der Waals surface area contributed by atoms with Gasteiger partial charge in [-0.15, -0.1) is 0 Å². The van der Waals surface area contributed by atoms with Crippen molar-refractivity contribution in [1.82, 2.24) is 26.2 Å². The Kier molecular flexibility index (Phi) is 8.96. The number of urea groups is 1. The van der Waals surface area contributed by atoms with Crippen molar-refractivity contribution in [2.24, 2.45) is 28.9 Å². The molecule has 0 radical (unpaired) electrons. The lowest BCUT2D eigenvalue weighted by Crippen LogP contribution is -2.61. The fourth-order valence-electron chi connectivity index (χ4n) is 6.01. The summed E-state index contributed by atoms with van der Waals surface area (Å²) in [5.74, 6) is -3.88. The van der Waals surface area contributed by atoms with Crippen molar-refractivity contribution in [2.45, 2.75) is 97.3 Å². The Balaban J connectivity index is 1.86. The van der Waals surface area contributed by atoms with Gasteiger partial charge in [-0.1, -0.05) is 27.2 Å². The van der Waals surface area contributed by atoms with E-state index in [1.165, 1.54) is 4.90 Å². The van der Waals surface area contributed by atoms with Gasteiger partial charge in [-0.3, -0.25) is 24.0 Å². The molecular weight excluding hydrogens is 504 g/mol. The van der Waals surface area contributed by atoms with Crippen LogP contribution in [0.4, 0.5) is 4.79 Å². The van der Waals surface area contributed by atoms with Crippen LogP contribution in [0.3, 0.4) is 0 Å². The smallest absolute Gasteiger partial charge is 0.315 e. The first-order chi connectivity index (χ1) is 18.0. The van der Waals surface area contributed by atoms with Crippen LogP contribution in [0.15, 0.2) is 0 Å². The second-order valence-corrected chi connectivity index (χ2v) is 13.2. The van der Waals surface area contributed by atoms with Crippen molar-refractivity contribution in [3.8, 4) is 0 Å². The van der Waals surface area contributed by atoms with E-state index in [0.717, 1.165) is 19.3 Å². The van der Waals surface area contributed by atoms with Crippen molar-refractivity contribution in [1.29, 1.82) is 0 Å². The Morgan fingerprint density at radius 1 is 1.03 bits per heavy atom. The molecule has 2 heterocycles. The number of primary amides is 1. The summed E-state index contributed by atoms with van der Waals surface area (Å²) in [6.07, 6.45) is 2.95. The quantitative estimate of drug-likeness (QED) is 0.270. The van der Waals surface area contributed by atoms with Gasteiger partial charge in [-0.2, -0.15) is 0 Å². The molecule has 2 saturated heterocycles. The number of hydrogen-bond acceptors (Lipinski definition) is 6. The fraction of sp³-hybridized carbons (Fsp3) is 0.778. The number of amides is 6. The minimum absolute atomic E-state index is 0.0484. The number of fused-ring (bicyclic) bond motifs is 1. The van der Waals surface area contributed by atoms with Crippen LogP contribution in [0.2, 0.25) is 0 Å². The maximum Gasteiger partial charge on any atom is 0.315 e. The van der Waals surface area contributed by atoms with E-state index in [1.54, 1.807) is 0 Å². The van der Waals surface area contributed by atoms with Crippen molar-refractivity contribution in [2.75, 3.05) is 13.1 Å². The van der Waals surface area contributed by atoms with Gasteiger partial charge in [-0.25, -0.2) is 4.79 Å². The summed E-state index contributed by atoms with van der Waals surface area (Å²) in [4.78, 5) is 78.6. The van der Waals surface area contributed by atoms with E-state index in [9.17, 15) is 28.8 Å². The molecule has 3 fully saturated rings. The predicted octanol–water partition coefficient (Wildman–Crippen LogP) is 0.191. The largest absolute Gasteiger partial charge is 0.363 e. The number of rotatable bonds is 8. The maximum absolute atomic E-state index is 14.0. The first-order valence-corrected chi connectivity index (χ1v) is 13.8. The van der Waals surface area contributed by atoms with Crippen LogP contribution in [0.5, 0.6) is 0 Å². The standard InChI is InChI=1S/C27H44N6O6/c1-26(2,3)20(31-25(39)32-27(4,5)6)24(38)33-13-15-8-7-9-16(15)18(33)23(37)30-17(19(34)21(28)35)12-14-10-11-29-22(14)36/h14-18,20H,7-13H2,1-6H3,(H2,28,35)(H,29,36)(H,30,37)(H2,31,32,39)/t14-,15?,16-,17-,18-,20?/m0/s1. The molecule has 6 N–H and O–H groups in total. The molecule has 0 aromatic rings. The average Bonchev–Trinajstić information content (AvgIpc) is 3.50. The van der Waals surface area contributed by atoms with E-state index in [2.05, 4.69) is 21.3 Å². The third-order valence-corrected chi connectivity index (χ3v) is 7.88. The van der Waals surface area contributed by atoms with E-state index in [4.69, 9.17) is 5.73 Å². The van der Waals surface area contributed by atoms with Gasteiger partial charge >= 0.3 is 6.03 Å². The van der Waals surface area contributed by atoms with E-state index in [0.29, 0.717) is 19.5 Å². The van der Waals surface area contributed by atoms with Gasteiger partial charge in [0, 0.05) is 24.5 Å². The number of likely N-dealkylation sites (tertiary alicyclic amines) is 1. The molecule has 0 spiro atoms. The first kappa shape index (κ1) is 30.4. The Labute approximate surface area is 229 Å². The van der Waals surface area contributed by atoms with Crippen LogP contribution in [0.1, 0.15) is 73.6 Å². The van der Waals surface area contributed by atoms with Crippen molar-refractivity contribution in [3.63, 3.8) is 0 Å². The summed E-state index contributed by atoms with van der Waals surface area (Å²) in [6.45, 7) is 11.8. The minimum Gasteiger partial charge on any atom is -0.363 e. The Morgan fingerprint density at radius 3 is 2.23 bits per heavy atom. The maximum atomic E-state index is 14.0. The highest BCUT2D eigenvalue weighted by Gasteiger charge is 2.52. The summed E-state index contributed by atoms with van der Waals surface area (Å²) >= 11 is 0. The molecule has 2 aliphatic heterocycles. The van der Waals surface area contributed by atoms with Crippen LogP contribution in [-0.4, -0.2) is 77.1 Å². The number of nitrogens with two attached hydrogens (primary N) is 1. The Hall–Kier alpha value is -3.18. The zero-order valence-electron chi connectivity index (χ0n) is 23.9. The molecule has 0 bridgehead atoms. The van der Waals surface area contributed by atoms with E-state index in [-0.39, 0.29) is 30.1 Å². The highest BCUT2D eigenvalue weighted by Crippen LogP contribution is 2.43. The van der Waals surface area contributed by atoms with Gasteiger partial charge in [0.15, 0.2) is 0 Å². The van der Waals surface area contributed by atoms with Crippen LogP contribution in [-0.2, 0) is 24.0 Å². The summed E-state index contributed by atoms with van der Waals surface area (Å²) in [6, 6.07) is -3.55. The SMILES string of the molecule is CC(C)(C)NC(=O)NC(C(=O)N1CC2CCC[C@@H]2[C@H]1C(=O)N[C@@H](C[C@@H]1CCNC1=O)C(=O)C(N)=O)C(C)(C)C. The highest BCUT2D eigenvalue weighted by molar-refractivity contribution is 6.38. The number of nitrogens with one attached hydrogen (secondary N) is 4. The molecule has 1 saturated carbocycles. The summed E-state index contributed by atoms with van der Waals surface area (Å²) in [5, 5.41) is 11.0. The number of carbonyl (C=O) groups is 6. The number of Topliss-reactive ketones (excluding diaryl/α,β-unsaturated/α-hetero) is 1. The number of carbonyl (C=O) groups excluding carboxylic acids is 6. The van der Waals surface area contributed by atoms with Gasteiger partial charge in [0.1, 0.15) is 12.1 Å². The summed E-state index contributed by atoms with van der Waals surface area (Å²) in [7, 11) is 0. The average molecular weight is 549 g/mol. The van der Waals surface area contributed by atoms with Crippen LogP contribution in [0.25, 0.3) is 0 Å². The lowest BCUT2D eigenvalue weighted by Gasteiger charge is -2.37. The first-order valence-electron chi connectivity index (χ1n) is 13.8. The Bertz CT molecular complexity index is 1020. The third-order valence-electron chi connectivity index (χ3n) is 7.88. The third kappa shape index (κ3) is 7.27.